The zero-order valence-electron chi connectivity index (χ0n) is 20.8. The highest BCUT2D eigenvalue weighted by atomic mass is 32.1. The van der Waals surface area contributed by atoms with Crippen LogP contribution in [0.2, 0.25) is 0 Å². The second-order valence-corrected chi connectivity index (χ2v) is 9.87. The van der Waals surface area contributed by atoms with Crippen molar-refractivity contribution in [2.24, 2.45) is 0 Å². The molecule has 0 unspecified atom stereocenters. The minimum atomic E-state index is -0.00787. The first kappa shape index (κ1) is 23.9. The standard InChI is InChI=1S/C27H34N6OS/c1-19-8-10-29-24(17-19)33-20(2)18-22(21(33)3)26-25(23-7-4-5-9-28-23)30-27(35)32(26)12-6-11-31-13-15-34-16-14-31/h4-5,7-10,17-18,25-26H,6,11-16H2,1-3H3,(H,30,35)/t25-,26-/m1/s1. The maximum absolute atomic E-state index is 5.89. The minimum Gasteiger partial charge on any atom is -0.379 e. The van der Waals surface area contributed by atoms with Gasteiger partial charge < -0.3 is 19.5 Å². The molecule has 1 N–H and O–H groups in total. The summed E-state index contributed by atoms with van der Waals surface area (Å²) >= 11 is 5.89. The normalized spacial score (nSPS) is 20.9. The maximum Gasteiger partial charge on any atom is 0.170 e. The number of rotatable bonds is 7. The van der Waals surface area contributed by atoms with Gasteiger partial charge in [-0.1, -0.05) is 6.07 Å². The van der Waals surface area contributed by atoms with Gasteiger partial charge in [0.25, 0.3) is 0 Å². The van der Waals surface area contributed by atoms with Gasteiger partial charge in [-0.05, 0) is 80.9 Å². The predicted octanol–water partition coefficient (Wildman–Crippen LogP) is 3.89. The molecule has 184 valence electrons. The third kappa shape index (κ3) is 4.96. The van der Waals surface area contributed by atoms with Gasteiger partial charge in [0.05, 0.1) is 31.0 Å². The number of nitrogens with one attached hydrogen (secondary N) is 1. The van der Waals surface area contributed by atoms with E-state index < -0.39 is 0 Å². The Bertz CT molecular complexity index is 1170. The van der Waals surface area contributed by atoms with E-state index in [1.807, 2.05) is 30.6 Å². The van der Waals surface area contributed by atoms with E-state index in [9.17, 15) is 0 Å². The molecule has 0 saturated carbocycles. The number of aromatic nitrogens is 3. The van der Waals surface area contributed by atoms with Crippen LogP contribution in [-0.4, -0.2) is 68.8 Å². The fraction of sp³-hybridized carbons (Fsp3) is 0.444. The smallest absolute Gasteiger partial charge is 0.170 e. The summed E-state index contributed by atoms with van der Waals surface area (Å²) in [5.41, 5.74) is 5.83. The van der Waals surface area contributed by atoms with Gasteiger partial charge in [0.1, 0.15) is 5.82 Å². The summed E-state index contributed by atoms with van der Waals surface area (Å²) in [6.07, 6.45) is 4.79. The van der Waals surface area contributed by atoms with Crippen LogP contribution in [0.5, 0.6) is 0 Å². The molecule has 0 radical (unpaired) electrons. The molecule has 7 nitrogen and oxygen atoms in total. The SMILES string of the molecule is Cc1ccnc(-n2c(C)cc([C@@H]3[C@@H](c4ccccn4)NC(=S)N3CCCN3CCOCC3)c2C)c1. The van der Waals surface area contributed by atoms with E-state index in [4.69, 9.17) is 21.9 Å². The molecule has 5 heterocycles. The molecule has 0 spiro atoms. The molecule has 2 aliphatic rings. The zero-order valence-corrected chi connectivity index (χ0v) is 21.6. The second-order valence-electron chi connectivity index (χ2n) is 9.48. The third-order valence-corrected chi connectivity index (χ3v) is 7.45. The monoisotopic (exact) mass is 490 g/mol. The van der Waals surface area contributed by atoms with Gasteiger partial charge in [0.2, 0.25) is 0 Å². The Labute approximate surface area is 213 Å². The Balaban J connectivity index is 1.47. The van der Waals surface area contributed by atoms with E-state index in [1.165, 1.54) is 22.5 Å². The van der Waals surface area contributed by atoms with E-state index in [-0.39, 0.29) is 12.1 Å². The number of aryl methyl sites for hydroxylation is 2. The van der Waals surface area contributed by atoms with Crippen LogP contribution in [-0.2, 0) is 4.74 Å². The number of nitrogens with zero attached hydrogens (tertiary/aromatic N) is 5. The molecule has 2 saturated heterocycles. The van der Waals surface area contributed by atoms with Crippen molar-refractivity contribution in [3.05, 3.63) is 77.0 Å². The van der Waals surface area contributed by atoms with Crippen molar-refractivity contribution < 1.29 is 4.74 Å². The van der Waals surface area contributed by atoms with Gasteiger partial charge in [-0.2, -0.15) is 0 Å². The summed E-state index contributed by atoms with van der Waals surface area (Å²) in [5, 5.41) is 4.40. The van der Waals surface area contributed by atoms with Crippen molar-refractivity contribution in [1.29, 1.82) is 0 Å². The predicted molar refractivity (Wildman–Crippen MR) is 142 cm³/mol. The molecule has 0 aromatic carbocycles. The molecular formula is C27H34N6OS. The molecule has 5 rings (SSSR count). The van der Waals surface area contributed by atoms with Gasteiger partial charge in [0.15, 0.2) is 5.11 Å². The summed E-state index contributed by atoms with van der Waals surface area (Å²) < 4.78 is 7.76. The summed E-state index contributed by atoms with van der Waals surface area (Å²) in [7, 11) is 0. The van der Waals surface area contributed by atoms with E-state index in [0.29, 0.717) is 0 Å². The molecule has 2 fully saturated rings. The Hall–Kier alpha value is -2.81. The van der Waals surface area contributed by atoms with Gasteiger partial charge in [-0.15, -0.1) is 0 Å². The lowest BCUT2D eigenvalue weighted by Crippen LogP contribution is -2.39. The summed E-state index contributed by atoms with van der Waals surface area (Å²) in [5.74, 6) is 0.952. The van der Waals surface area contributed by atoms with Crippen LogP contribution in [0.1, 0.15) is 46.7 Å². The maximum atomic E-state index is 5.89. The van der Waals surface area contributed by atoms with Gasteiger partial charge in [0, 0.05) is 50.0 Å². The topological polar surface area (TPSA) is 58.5 Å². The van der Waals surface area contributed by atoms with Crippen molar-refractivity contribution in [3.63, 3.8) is 0 Å². The molecule has 0 aliphatic carbocycles. The second kappa shape index (κ2) is 10.4. The van der Waals surface area contributed by atoms with Crippen LogP contribution in [0.25, 0.3) is 5.82 Å². The first-order chi connectivity index (χ1) is 17.0. The third-order valence-electron chi connectivity index (χ3n) is 7.09. The Morgan fingerprint density at radius 3 is 2.60 bits per heavy atom. The van der Waals surface area contributed by atoms with Crippen LogP contribution in [0, 0.1) is 20.8 Å². The number of ether oxygens (including phenoxy) is 1. The average molecular weight is 491 g/mol. The first-order valence-corrected chi connectivity index (χ1v) is 12.8. The molecular weight excluding hydrogens is 456 g/mol. The lowest BCUT2D eigenvalue weighted by atomic mass is 9.96. The van der Waals surface area contributed by atoms with Gasteiger partial charge >= 0.3 is 0 Å². The number of hydrogen-bond acceptors (Lipinski definition) is 5. The summed E-state index contributed by atoms with van der Waals surface area (Å²) in [4.78, 5) is 14.2. The largest absolute Gasteiger partial charge is 0.379 e. The fourth-order valence-electron chi connectivity index (χ4n) is 5.36. The van der Waals surface area contributed by atoms with Crippen LogP contribution >= 0.6 is 12.2 Å². The Morgan fingerprint density at radius 1 is 1.03 bits per heavy atom. The van der Waals surface area contributed by atoms with Crippen LogP contribution in [0.3, 0.4) is 0 Å². The summed E-state index contributed by atoms with van der Waals surface area (Å²) in [6, 6.07) is 12.6. The van der Waals surface area contributed by atoms with Crippen molar-refractivity contribution in [2.75, 3.05) is 39.4 Å². The quantitative estimate of drug-likeness (QED) is 0.504. The van der Waals surface area contributed by atoms with Gasteiger partial charge in [-0.3, -0.25) is 9.88 Å². The Kier molecular flexibility index (Phi) is 7.13. The van der Waals surface area contributed by atoms with Crippen LogP contribution in [0.15, 0.2) is 48.8 Å². The molecule has 35 heavy (non-hydrogen) atoms. The molecule has 0 bridgehead atoms. The van der Waals surface area contributed by atoms with E-state index in [0.717, 1.165) is 62.4 Å². The summed E-state index contributed by atoms with van der Waals surface area (Å²) in [6.45, 7) is 12.1. The number of pyridine rings is 2. The highest BCUT2D eigenvalue weighted by Crippen LogP contribution is 2.41. The molecule has 0 amide bonds. The van der Waals surface area contributed by atoms with Crippen LogP contribution < -0.4 is 5.32 Å². The lowest BCUT2D eigenvalue weighted by Gasteiger charge is -2.30. The van der Waals surface area contributed by atoms with Gasteiger partial charge in [-0.25, -0.2) is 4.98 Å². The number of morpholine rings is 1. The van der Waals surface area contributed by atoms with E-state index >= 15 is 0 Å². The molecule has 3 aromatic rings. The molecule has 8 heteroatoms. The van der Waals surface area contributed by atoms with Crippen molar-refractivity contribution in [1.82, 2.24) is 29.7 Å². The zero-order chi connectivity index (χ0) is 24.4. The molecule has 2 aliphatic heterocycles. The van der Waals surface area contributed by atoms with E-state index in [2.05, 4.69) is 63.6 Å². The Morgan fingerprint density at radius 2 is 1.86 bits per heavy atom. The van der Waals surface area contributed by atoms with Crippen molar-refractivity contribution >= 4 is 17.3 Å². The van der Waals surface area contributed by atoms with E-state index in [1.54, 1.807) is 0 Å². The first-order valence-electron chi connectivity index (χ1n) is 12.4. The average Bonchev–Trinajstić information content (AvgIpc) is 3.35. The fourth-order valence-corrected chi connectivity index (χ4v) is 5.69. The van der Waals surface area contributed by atoms with Crippen LogP contribution in [0.4, 0.5) is 0 Å². The molecule has 2 atom stereocenters. The highest BCUT2D eigenvalue weighted by molar-refractivity contribution is 7.80. The number of hydrogen-bond donors (Lipinski definition) is 1. The highest BCUT2D eigenvalue weighted by Gasteiger charge is 2.41. The van der Waals surface area contributed by atoms with Crippen molar-refractivity contribution in [2.45, 2.75) is 39.3 Å². The van der Waals surface area contributed by atoms with Crippen molar-refractivity contribution in [3.8, 4) is 5.82 Å². The lowest BCUT2D eigenvalue weighted by molar-refractivity contribution is 0.0365. The minimum absolute atomic E-state index is 0.00787. The molecule has 3 aromatic heterocycles. The number of thiocarbonyl (C=S) groups is 1.